The molecule has 6 nitrogen and oxygen atoms in total. The molecule has 2 aliphatic carbocycles. The van der Waals surface area contributed by atoms with E-state index in [9.17, 15) is 14.4 Å². The molecular formula is C20H28O6. The Bertz CT molecular complexity index is 603. The van der Waals surface area contributed by atoms with Gasteiger partial charge in [-0.25, -0.2) is 4.79 Å². The normalized spacial score (nSPS) is 32.0. The quantitative estimate of drug-likeness (QED) is 0.410. The SMILES string of the molecule is C=C(C)C(=O)OCC1CC(C(=O)OC2(CC)CCCC2)C2CC1OC2=O. The zero-order valence-electron chi connectivity index (χ0n) is 15.6. The lowest BCUT2D eigenvalue weighted by Crippen LogP contribution is -2.41. The van der Waals surface area contributed by atoms with Gasteiger partial charge in [-0.2, -0.15) is 0 Å². The molecule has 144 valence electrons. The van der Waals surface area contributed by atoms with E-state index in [1.807, 2.05) is 6.92 Å². The highest BCUT2D eigenvalue weighted by atomic mass is 16.6. The highest BCUT2D eigenvalue weighted by molar-refractivity contribution is 5.87. The summed E-state index contributed by atoms with van der Waals surface area (Å²) in [5.41, 5.74) is -0.0533. The number of fused-ring (bicyclic) bond motifs is 2. The van der Waals surface area contributed by atoms with Crippen molar-refractivity contribution in [3.8, 4) is 0 Å². The van der Waals surface area contributed by atoms with Crippen LogP contribution in [0.2, 0.25) is 0 Å². The van der Waals surface area contributed by atoms with E-state index in [1.165, 1.54) is 0 Å². The van der Waals surface area contributed by atoms with Crippen LogP contribution in [0.5, 0.6) is 0 Å². The van der Waals surface area contributed by atoms with Gasteiger partial charge in [0.25, 0.3) is 0 Å². The van der Waals surface area contributed by atoms with Crippen molar-refractivity contribution in [1.29, 1.82) is 0 Å². The molecule has 0 aromatic heterocycles. The van der Waals surface area contributed by atoms with E-state index in [1.54, 1.807) is 6.92 Å². The van der Waals surface area contributed by atoms with Crippen molar-refractivity contribution in [3.63, 3.8) is 0 Å². The Labute approximate surface area is 154 Å². The fourth-order valence-corrected chi connectivity index (χ4v) is 4.47. The molecule has 2 bridgehead atoms. The monoisotopic (exact) mass is 364 g/mol. The van der Waals surface area contributed by atoms with Crippen molar-refractivity contribution in [1.82, 2.24) is 0 Å². The Morgan fingerprint density at radius 3 is 2.58 bits per heavy atom. The molecular weight excluding hydrogens is 336 g/mol. The number of esters is 3. The Hall–Kier alpha value is -1.85. The summed E-state index contributed by atoms with van der Waals surface area (Å²) in [7, 11) is 0. The summed E-state index contributed by atoms with van der Waals surface area (Å²) >= 11 is 0. The molecule has 4 atom stereocenters. The minimum atomic E-state index is -0.515. The van der Waals surface area contributed by atoms with Crippen molar-refractivity contribution >= 4 is 17.9 Å². The number of rotatable bonds is 6. The molecule has 0 aromatic carbocycles. The fourth-order valence-electron chi connectivity index (χ4n) is 4.47. The lowest BCUT2D eigenvalue weighted by Gasteiger charge is -2.34. The average molecular weight is 364 g/mol. The maximum absolute atomic E-state index is 12.9. The molecule has 6 heteroatoms. The molecule has 26 heavy (non-hydrogen) atoms. The van der Waals surface area contributed by atoms with Crippen LogP contribution in [-0.2, 0) is 28.6 Å². The molecule has 3 aliphatic rings. The smallest absolute Gasteiger partial charge is 0.333 e. The van der Waals surface area contributed by atoms with E-state index in [4.69, 9.17) is 14.2 Å². The highest BCUT2D eigenvalue weighted by Gasteiger charge is 2.53. The minimum absolute atomic E-state index is 0.124. The molecule has 0 spiro atoms. The van der Waals surface area contributed by atoms with Crippen LogP contribution in [0.3, 0.4) is 0 Å². The number of hydrogen-bond acceptors (Lipinski definition) is 6. The first-order valence-corrected chi connectivity index (χ1v) is 9.61. The topological polar surface area (TPSA) is 78.9 Å². The summed E-state index contributed by atoms with van der Waals surface area (Å²) < 4.78 is 16.6. The van der Waals surface area contributed by atoms with Crippen LogP contribution in [-0.4, -0.2) is 36.2 Å². The number of ether oxygens (including phenoxy) is 3. The van der Waals surface area contributed by atoms with Gasteiger partial charge in [0, 0.05) is 11.5 Å². The fraction of sp³-hybridized carbons (Fsp3) is 0.750. The first-order valence-electron chi connectivity index (χ1n) is 9.61. The summed E-state index contributed by atoms with van der Waals surface area (Å²) in [4.78, 5) is 36.7. The second-order valence-corrected chi connectivity index (χ2v) is 7.96. The second-order valence-electron chi connectivity index (χ2n) is 7.96. The van der Waals surface area contributed by atoms with Gasteiger partial charge in [0.15, 0.2) is 0 Å². The van der Waals surface area contributed by atoms with Crippen LogP contribution in [0, 0.1) is 17.8 Å². The van der Waals surface area contributed by atoms with Gasteiger partial charge in [-0.05, 0) is 51.9 Å². The molecule has 0 N–H and O–H groups in total. The van der Waals surface area contributed by atoms with Gasteiger partial charge < -0.3 is 14.2 Å². The summed E-state index contributed by atoms with van der Waals surface area (Å²) in [5.74, 6) is -2.23. The van der Waals surface area contributed by atoms with Crippen molar-refractivity contribution in [3.05, 3.63) is 12.2 Å². The zero-order valence-corrected chi connectivity index (χ0v) is 15.6. The van der Waals surface area contributed by atoms with Gasteiger partial charge in [0.1, 0.15) is 11.7 Å². The van der Waals surface area contributed by atoms with Crippen molar-refractivity contribution in [2.24, 2.45) is 17.8 Å². The van der Waals surface area contributed by atoms with Gasteiger partial charge in [0.05, 0.1) is 18.4 Å². The maximum atomic E-state index is 12.9. The maximum Gasteiger partial charge on any atom is 0.333 e. The molecule has 1 aliphatic heterocycles. The highest BCUT2D eigenvalue weighted by Crippen LogP contribution is 2.44. The molecule has 0 aromatic rings. The molecule has 0 amide bonds. The van der Waals surface area contributed by atoms with E-state index >= 15 is 0 Å². The Morgan fingerprint density at radius 1 is 1.27 bits per heavy atom. The lowest BCUT2D eigenvalue weighted by molar-refractivity contribution is -0.169. The largest absolute Gasteiger partial charge is 0.462 e. The van der Waals surface area contributed by atoms with Gasteiger partial charge in [0.2, 0.25) is 0 Å². The minimum Gasteiger partial charge on any atom is -0.462 e. The summed E-state index contributed by atoms with van der Waals surface area (Å²) in [6.45, 7) is 7.31. The third kappa shape index (κ3) is 3.64. The Balaban J connectivity index is 1.67. The number of carbonyl (C=O) groups is 3. The standard InChI is InChI=1S/C20H28O6/c1-4-20(7-5-6-8-20)26-19(23)14-9-13(11-24-17(21)12(2)3)16-10-15(14)18(22)25-16/h13-16H,2,4-11H2,1,3H3. The van der Waals surface area contributed by atoms with Crippen LogP contribution in [0.15, 0.2) is 12.2 Å². The average Bonchev–Trinajstić information content (AvgIpc) is 3.20. The van der Waals surface area contributed by atoms with Gasteiger partial charge in [-0.15, -0.1) is 0 Å². The third-order valence-corrected chi connectivity index (χ3v) is 6.18. The van der Waals surface area contributed by atoms with E-state index in [0.29, 0.717) is 18.4 Å². The molecule has 2 saturated carbocycles. The number of carbonyl (C=O) groups excluding carboxylic acids is 3. The molecule has 1 heterocycles. The molecule has 3 fully saturated rings. The second kappa shape index (κ2) is 7.41. The van der Waals surface area contributed by atoms with Crippen LogP contribution in [0.1, 0.15) is 58.8 Å². The Kier molecular flexibility index (Phi) is 5.39. The molecule has 4 unspecified atom stereocenters. The van der Waals surface area contributed by atoms with Crippen LogP contribution in [0.25, 0.3) is 0 Å². The van der Waals surface area contributed by atoms with Crippen molar-refractivity contribution in [2.45, 2.75) is 70.5 Å². The van der Waals surface area contributed by atoms with Crippen molar-refractivity contribution in [2.75, 3.05) is 6.61 Å². The first kappa shape index (κ1) is 18.9. The number of hydrogen-bond donors (Lipinski definition) is 0. The van der Waals surface area contributed by atoms with Crippen molar-refractivity contribution < 1.29 is 28.6 Å². The Morgan fingerprint density at radius 2 is 1.96 bits per heavy atom. The third-order valence-electron chi connectivity index (χ3n) is 6.18. The predicted molar refractivity (Wildman–Crippen MR) is 92.9 cm³/mol. The van der Waals surface area contributed by atoms with E-state index in [0.717, 1.165) is 32.1 Å². The van der Waals surface area contributed by atoms with E-state index in [2.05, 4.69) is 6.58 Å². The van der Waals surface area contributed by atoms with Crippen LogP contribution < -0.4 is 0 Å². The zero-order chi connectivity index (χ0) is 18.9. The first-order chi connectivity index (χ1) is 12.3. The lowest BCUT2D eigenvalue weighted by atomic mass is 9.74. The van der Waals surface area contributed by atoms with E-state index < -0.39 is 17.8 Å². The van der Waals surface area contributed by atoms with Crippen LogP contribution >= 0.6 is 0 Å². The summed E-state index contributed by atoms with van der Waals surface area (Å²) in [5, 5.41) is 0. The van der Waals surface area contributed by atoms with Gasteiger partial charge in [-0.3, -0.25) is 9.59 Å². The predicted octanol–water partition coefficient (Wildman–Crippen LogP) is 2.94. The molecule has 3 rings (SSSR count). The van der Waals surface area contributed by atoms with Gasteiger partial charge >= 0.3 is 17.9 Å². The summed E-state index contributed by atoms with van der Waals surface area (Å²) in [6, 6.07) is 0. The molecule has 0 radical (unpaired) electrons. The van der Waals surface area contributed by atoms with Gasteiger partial charge in [-0.1, -0.05) is 13.5 Å². The van der Waals surface area contributed by atoms with Crippen LogP contribution in [0.4, 0.5) is 0 Å². The summed E-state index contributed by atoms with van der Waals surface area (Å²) in [6.07, 6.45) is 5.36. The van der Waals surface area contributed by atoms with E-state index in [-0.39, 0.29) is 36.2 Å². The molecule has 1 saturated heterocycles.